The van der Waals surface area contributed by atoms with Gasteiger partial charge in [-0.15, -0.1) is 0 Å². The lowest BCUT2D eigenvalue weighted by molar-refractivity contribution is 0.111. The molecule has 16 heavy (non-hydrogen) atoms. The molecule has 82 valence electrons. The SMILES string of the molecule is CCn1nc(-c2ccc(Cl)cc2)cc1C=O. The molecule has 0 aliphatic rings. The van der Waals surface area contributed by atoms with Gasteiger partial charge in [-0.3, -0.25) is 9.48 Å². The molecule has 0 spiro atoms. The molecule has 0 aliphatic carbocycles. The maximum Gasteiger partial charge on any atom is 0.168 e. The van der Waals surface area contributed by atoms with Gasteiger partial charge in [0, 0.05) is 17.1 Å². The average Bonchev–Trinajstić information content (AvgIpc) is 2.73. The smallest absolute Gasteiger partial charge is 0.168 e. The van der Waals surface area contributed by atoms with E-state index in [4.69, 9.17) is 11.6 Å². The Morgan fingerprint density at radius 2 is 2.06 bits per heavy atom. The highest BCUT2D eigenvalue weighted by Crippen LogP contribution is 2.20. The van der Waals surface area contributed by atoms with Crippen LogP contribution in [0.15, 0.2) is 30.3 Å². The van der Waals surface area contributed by atoms with Gasteiger partial charge in [0.2, 0.25) is 0 Å². The van der Waals surface area contributed by atoms with E-state index in [0.717, 1.165) is 17.5 Å². The van der Waals surface area contributed by atoms with Crippen LogP contribution >= 0.6 is 11.6 Å². The van der Waals surface area contributed by atoms with Crippen molar-refractivity contribution in [2.45, 2.75) is 13.5 Å². The number of aldehydes is 1. The Hall–Kier alpha value is -1.61. The number of nitrogens with zero attached hydrogens (tertiary/aromatic N) is 2. The van der Waals surface area contributed by atoms with Gasteiger partial charge in [-0.1, -0.05) is 23.7 Å². The van der Waals surface area contributed by atoms with Gasteiger partial charge in [-0.25, -0.2) is 0 Å². The number of hydrogen-bond acceptors (Lipinski definition) is 2. The molecule has 1 aromatic carbocycles. The van der Waals surface area contributed by atoms with Gasteiger partial charge in [0.15, 0.2) is 6.29 Å². The number of aryl methyl sites for hydroxylation is 1. The van der Waals surface area contributed by atoms with Gasteiger partial charge in [0.1, 0.15) is 5.69 Å². The predicted molar refractivity (Wildman–Crippen MR) is 63.7 cm³/mol. The van der Waals surface area contributed by atoms with E-state index in [1.165, 1.54) is 0 Å². The Kier molecular flexibility index (Phi) is 3.06. The fourth-order valence-electron chi connectivity index (χ4n) is 1.54. The van der Waals surface area contributed by atoms with Crippen molar-refractivity contribution in [3.63, 3.8) is 0 Å². The summed E-state index contributed by atoms with van der Waals surface area (Å²) in [6.45, 7) is 2.63. The van der Waals surface area contributed by atoms with Gasteiger partial charge >= 0.3 is 0 Å². The van der Waals surface area contributed by atoms with Crippen molar-refractivity contribution >= 4 is 17.9 Å². The molecule has 0 bridgehead atoms. The first kappa shape index (κ1) is 10.9. The zero-order valence-corrected chi connectivity index (χ0v) is 9.61. The van der Waals surface area contributed by atoms with Crippen LogP contribution in [-0.2, 0) is 6.54 Å². The Balaban J connectivity index is 2.44. The molecule has 1 heterocycles. The Bertz CT molecular complexity index is 502. The van der Waals surface area contributed by atoms with E-state index in [9.17, 15) is 4.79 Å². The summed E-state index contributed by atoms with van der Waals surface area (Å²) in [4.78, 5) is 10.8. The Morgan fingerprint density at radius 1 is 1.38 bits per heavy atom. The first-order valence-electron chi connectivity index (χ1n) is 5.03. The Morgan fingerprint density at radius 3 is 2.56 bits per heavy atom. The van der Waals surface area contributed by atoms with E-state index in [-0.39, 0.29) is 0 Å². The maximum atomic E-state index is 10.8. The highest BCUT2D eigenvalue weighted by molar-refractivity contribution is 6.30. The van der Waals surface area contributed by atoms with Crippen LogP contribution in [0.5, 0.6) is 0 Å². The summed E-state index contributed by atoms with van der Waals surface area (Å²) in [6, 6.07) is 9.17. The number of benzene rings is 1. The fourth-order valence-corrected chi connectivity index (χ4v) is 1.67. The summed E-state index contributed by atoms with van der Waals surface area (Å²) in [5.74, 6) is 0. The van der Waals surface area contributed by atoms with E-state index >= 15 is 0 Å². The third-order valence-electron chi connectivity index (χ3n) is 2.37. The number of halogens is 1. The number of carbonyl (C=O) groups excluding carboxylic acids is 1. The summed E-state index contributed by atoms with van der Waals surface area (Å²) >= 11 is 5.81. The second kappa shape index (κ2) is 4.49. The van der Waals surface area contributed by atoms with Crippen LogP contribution < -0.4 is 0 Å². The van der Waals surface area contributed by atoms with Gasteiger partial charge < -0.3 is 0 Å². The van der Waals surface area contributed by atoms with E-state index in [2.05, 4.69) is 5.10 Å². The van der Waals surface area contributed by atoms with E-state index in [1.54, 1.807) is 10.7 Å². The normalized spacial score (nSPS) is 10.4. The predicted octanol–water partition coefficient (Wildman–Crippen LogP) is 3.04. The minimum Gasteiger partial charge on any atom is -0.296 e. The summed E-state index contributed by atoms with van der Waals surface area (Å²) in [7, 11) is 0. The largest absolute Gasteiger partial charge is 0.296 e. The third kappa shape index (κ3) is 1.99. The molecular formula is C12H11ClN2O. The average molecular weight is 235 g/mol. The molecule has 4 heteroatoms. The lowest BCUT2D eigenvalue weighted by atomic mass is 10.1. The van der Waals surface area contributed by atoms with Crippen LogP contribution in [0.4, 0.5) is 0 Å². The standard InChI is InChI=1S/C12H11ClN2O/c1-2-15-11(8-16)7-12(14-15)9-3-5-10(13)6-4-9/h3-8H,2H2,1H3. The van der Waals surface area contributed by atoms with E-state index in [1.807, 2.05) is 31.2 Å². The Labute approximate surface area is 98.7 Å². The van der Waals surface area contributed by atoms with E-state index < -0.39 is 0 Å². The molecule has 0 N–H and O–H groups in total. The molecule has 0 amide bonds. The highest BCUT2D eigenvalue weighted by Gasteiger charge is 2.07. The van der Waals surface area contributed by atoms with Gasteiger partial charge in [-0.05, 0) is 25.1 Å². The summed E-state index contributed by atoms with van der Waals surface area (Å²) < 4.78 is 1.68. The molecule has 3 nitrogen and oxygen atoms in total. The van der Waals surface area contributed by atoms with Crippen molar-refractivity contribution in [2.75, 3.05) is 0 Å². The van der Waals surface area contributed by atoms with E-state index in [0.29, 0.717) is 17.3 Å². The van der Waals surface area contributed by atoms with Crippen molar-refractivity contribution < 1.29 is 4.79 Å². The minimum absolute atomic E-state index is 0.590. The van der Waals surface area contributed by atoms with Gasteiger partial charge in [0.25, 0.3) is 0 Å². The van der Waals surface area contributed by atoms with Crippen LogP contribution in [0.25, 0.3) is 11.3 Å². The molecule has 2 rings (SSSR count). The van der Waals surface area contributed by atoms with Crippen molar-refractivity contribution in [3.05, 3.63) is 41.0 Å². The lowest BCUT2D eigenvalue weighted by Gasteiger charge is -1.97. The molecule has 0 fully saturated rings. The number of hydrogen-bond donors (Lipinski definition) is 0. The van der Waals surface area contributed by atoms with Crippen molar-refractivity contribution in [1.29, 1.82) is 0 Å². The zero-order chi connectivity index (χ0) is 11.5. The summed E-state index contributed by atoms with van der Waals surface area (Å²) in [5, 5.41) is 5.03. The molecule has 0 radical (unpaired) electrons. The van der Waals surface area contributed by atoms with Gasteiger partial charge in [-0.2, -0.15) is 5.10 Å². The summed E-state index contributed by atoms with van der Waals surface area (Å²) in [5.41, 5.74) is 2.34. The highest BCUT2D eigenvalue weighted by atomic mass is 35.5. The molecule has 2 aromatic rings. The zero-order valence-electron chi connectivity index (χ0n) is 8.85. The molecular weight excluding hydrogens is 224 g/mol. The monoisotopic (exact) mass is 234 g/mol. The molecule has 0 unspecified atom stereocenters. The molecule has 0 aliphatic heterocycles. The number of aromatic nitrogens is 2. The van der Waals surface area contributed by atoms with Crippen LogP contribution in [0.3, 0.4) is 0 Å². The van der Waals surface area contributed by atoms with Crippen molar-refractivity contribution in [3.8, 4) is 11.3 Å². The number of rotatable bonds is 3. The second-order valence-corrected chi connectivity index (χ2v) is 3.83. The summed E-state index contributed by atoms with van der Waals surface area (Å²) in [6.07, 6.45) is 0.815. The second-order valence-electron chi connectivity index (χ2n) is 3.39. The minimum atomic E-state index is 0.590. The first-order chi connectivity index (χ1) is 7.74. The quantitative estimate of drug-likeness (QED) is 0.766. The molecule has 0 atom stereocenters. The molecule has 0 saturated heterocycles. The lowest BCUT2D eigenvalue weighted by Crippen LogP contribution is -2.00. The van der Waals surface area contributed by atoms with Crippen LogP contribution in [0.2, 0.25) is 5.02 Å². The number of carbonyl (C=O) groups is 1. The topological polar surface area (TPSA) is 34.9 Å². The maximum absolute atomic E-state index is 10.8. The molecule has 0 saturated carbocycles. The first-order valence-corrected chi connectivity index (χ1v) is 5.41. The van der Waals surface area contributed by atoms with Crippen LogP contribution in [-0.4, -0.2) is 16.1 Å². The third-order valence-corrected chi connectivity index (χ3v) is 2.62. The fraction of sp³-hybridized carbons (Fsp3) is 0.167. The van der Waals surface area contributed by atoms with Crippen LogP contribution in [0, 0.1) is 0 Å². The van der Waals surface area contributed by atoms with Crippen molar-refractivity contribution in [2.24, 2.45) is 0 Å². The molecule has 1 aromatic heterocycles. The van der Waals surface area contributed by atoms with Crippen LogP contribution in [0.1, 0.15) is 17.4 Å². The van der Waals surface area contributed by atoms with Crippen molar-refractivity contribution in [1.82, 2.24) is 9.78 Å². The van der Waals surface area contributed by atoms with Gasteiger partial charge in [0.05, 0.1) is 5.69 Å².